The van der Waals surface area contributed by atoms with E-state index in [9.17, 15) is 0 Å². The molecule has 3 heteroatoms. The second kappa shape index (κ2) is 6.55. The standard InChI is InChI=1S/C15H23ClN2/c1-3-8-17-9-11-18(12-10-17)13(2)14-6-4-5-7-15(14)16/h4-7,13H,3,8-12H2,1-2H3. The average molecular weight is 267 g/mol. The van der Waals surface area contributed by atoms with Crippen LogP contribution in [0.2, 0.25) is 5.02 Å². The van der Waals surface area contributed by atoms with E-state index in [2.05, 4.69) is 35.8 Å². The third-order valence-electron chi connectivity index (χ3n) is 3.85. The van der Waals surface area contributed by atoms with E-state index in [-0.39, 0.29) is 0 Å². The fourth-order valence-electron chi connectivity index (χ4n) is 2.70. The topological polar surface area (TPSA) is 6.48 Å². The summed E-state index contributed by atoms with van der Waals surface area (Å²) in [7, 11) is 0. The van der Waals surface area contributed by atoms with Crippen LogP contribution < -0.4 is 0 Å². The molecule has 0 aliphatic carbocycles. The molecule has 1 aliphatic heterocycles. The molecule has 1 saturated heterocycles. The maximum Gasteiger partial charge on any atom is 0.0453 e. The molecule has 18 heavy (non-hydrogen) atoms. The summed E-state index contributed by atoms with van der Waals surface area (Å²) in [5, 5.41) is 0.890. The quantitative estimate of drug-likeness (QED) is 0.824. The van der Waals surface area contributed by atoms with Crippen molar-refractivity contribution < 1.29 is 0 Å². The molecule has 0 aromatic heterocycles. The molecule has 1 aliphatic rings. The Morgan fingerprint density at radius 3 is 2.44 bits per heavy atom. The zero-order valence-corrected chi connectivity index (χ0v) is 12.2. The smallest absolute Gasteiger partial charge is 0.0453 e. The summed E-state index contributed by atoms with van der Waals surface area (Å²) in [6, 6.07) is 8.62. The van der Waals surface area contributed by atoms with E-state index in [0.29, 0.717) is 6.04 Å². The van der Waals surface area contributed by atoms with Gasteiger partial charge in [-0.15, -0.1) is 0 Å². The first-order valence-corrected chi connectivity index (χ1v) is 7.31. The minimum atomic E-state index is 0.419. The minimum Gasteiger partial charge on any atom is -0.301 e. The van der Waals surface area contributed by atoms with Gasteiger partial charge in [-0.05, 0) is 31.5 Å². The van der Waals surface area contributed by atoms with Crippen LogP contribution in [0.15, 0.2) is 24.3 Å². The lowest BCUT2D eigenvalue weighted by molar-refractivity contribution is 0.102. The van der Waals surface area contributed by atoms with Crippen molar-refractivity contribution in [3.8, 4) is 0 Å². The first-order chi connectivity index (χ1) is 8.72. The molecule has 1 fully saturated rings. The highest BCUT2D eigenvalue weighted by Gasteiger charge is 2.22. The van der Waals surface area contributed by atoms with E-state index >= 15 is 0 Å². The maximum atomic E-state index is 6.28. The van der Waals surface area contributed by atoms with E-state index in [1.54, 1.807) is 0 Å². The van der Waals surface area contributed by atoms with Crippen LogP contribution in [0.1, 0.15) is 31.9 Å². The number of piperazine rings is 1. The number of hydrogen-bond acceptors (Lipinski definition) is 2. The van der Waals surface area contributed by atoms with Gasteiger partial charge in [-0.3, -0.25) is 4.90 Å². The fraction of sp³-hybridized carbons (Fsp3) is 0.600. The van der Waals surface area contributed by atoms with Gasteiger partial charge in [-0.1, -0.05) is 36.7 Å². The van der Waals surface area contributed by atoms with E-state index in [4.69, 9.17) is 11.6 Å². The van der Waals surface area contributed by atoms with Gasteiger partial charge in [0.05, 0.1) is 0 Å². The van der Waals surface area contributed by atoms with Crippen molar-refractivity contribution in [1.29, 1.82) is 0 Å². The second-order valence-electron chi connectivity index (χ2n) is 5.08. The number of halogens is 1. The summed E-state index contributed by atoms with van der Waals surface area (Å²) in [6.45, 7) is 10.4. The minimum absolute atomic E-state index is 0.419. The Bertz CT molecular complexity index is 373. The first-order valence-electron chi connectivity index (χ1n) is 6.93. The molecule has 1 heterocycles. The number of benzene rings is 1. The van der Waals surface area contributed by atoms with E-state index in [0.717, 1.165) is 18.1 Å². The lowest BCUT2D eigenvalue weighted by atomic mass is 10.1. The van der Waals surface area contributed by atoms with Crippen LogP contribution in [0, 0.1) is 0 Å². The molecule has 0 radical (unpaired) electrons. The molecule has 0 N–H and O–H groups in total. The Morgan fingerprint density at radius 2 is 1.83 bits per heavy atom. The highest BCUT2D eigenvalue weighted by atomic mass is 35.5. The van der Waals surface area contributed by atoms with Gasteiger partial charge in [0.25, 0.3) is 0 Å². The van der Waals surface area contributed by atoms with Crippen LogP contribution in [-0.2, 0) is 0 Å². The van der Waals surface area contributed by atoms with Gasteiger partial charge in [-0.2, -0.15) is 0 Å². The summed E-state index contributed by atoms with van der Waals surface area (Å²) in [6.07, 6.45) is 1.25. The fourth-order valence-corrected chi connectivity index (χ4v) is 2.99. The summed E-state index contributed by atoms with van der Waals surface area (Å²) in [5.41, 5.74) is 1.25. The molecule has 0 spiro atoms. The van der Waals surface area contributed by atoms with Gasteiger partial charge >= 0.3 is 0 Å². The third-order valence-corrected chi connectivity index (χ3v) is 4.19. The molecule has 0 amide bonds. The molecule has 0 bridgehead atoms. The van der Waals surface area contributed by atoms with Gasteiger partial charge < -0.3 is 4.90 Å². The van der Waals surface area contributed by atoms with Gasteiger partial charge in [0.15, 0.2) is 0 Å². The van der Waals surface area contributed by atoms with Crippen molar-refractivity contribution in [2.75, 3.05) is 32.7 Å². The van der Waals surface area contributed by atoms with E-state index in [1.807, 2.05) is 12.1 Å². The van der Waals surface area contributed by atoms with Gasteiger partial charge in [0.2, 0.25) is 0 Å². The number of hydrogen-bond donors (Lipinski definition) is 0. The van der Waals surface area contributed by atoms with E-state index < -0.39 is 0 Å². The van der Waals surface area contributed by atoms with Gasteiger partial charge in [0.1, 0.15) is 0 Å². The van der Waals surface area contributed by atoms with E-state index in [1.165, 1.54) is 31.6 Å². The van der Waals surface area contributed by atoms with Crippen LogP contribution in [-0.4, -0.2) is 42.5 Å². The van der Waals surface area contributed by atoms with Crippen molar-refractivity contribution in [3.05, 3.63) is 34.9 Å². The molecule has 0 saturated carbocycles. The average Bonchev–Trinajstić information content (AvgIpc) is 2.40. The monoisotopic (exact) mass is 266 g/mol. The van der Waals surface area contributed by atoms with Crippen LogP contribution in [0.3, 0.4) is 0 Å². The summed E-state index contributed by atoms with van der Waals surface area (Å²) >= 11 is 6.28. The maximum absolute atomic E-state index is 6.28. The SMILES string of the molecule is CCCN1CCN(C(C)c2ccccc2Cl)CC1. The molecule has 2 nitrogen and oxygen atoms in total. The lowest BCUT2D eigenvalue weighted by Crippen LogP contribution is -2.47. The predicted octanol–water partition coefficient (Wildman–Crippen LogP) is 3.43. The summed E-state index contributed by atoms with van der Waals surface area (Å²) in [5.74, 6) is 0. The highest BCUT2D eigenvalue weighted by Crippen LogP contribution is 2.27. The van der Waals surface area contributed by atoms with Crippen molar-refractivity contribution in [2.45, 2.75) is 26.3 Å². The molecule has 2 rings (SSSR count). The zero-order chi connectivity index (χ0) is 13.0. The summed E-state index contributed by atoms with van der Waals surface area (Å²) < 4.78 is 0. The van der Waals surface area contributed by atoms with Crippen molar-refractivity contribution in [2.24, 2.45) is 0 Å². The van der Waals surface area contributed by atoms with Crippen LogP contribution >= 0.6 is 11.6 Å². The molecule has 1 aromatic rings. The second-order valence-corrected chi connectivity index (χ2v) is 5.48. The van der Waals surface area contributed by atoms with Crippen LogP contribution in [0.25, 0.3) is 0 Å². The molecule has 1 atom stereocenters. The van der Waals surface area contributed by atoms with Gasteiger partial charge in [-0.25, -0.2) is 0 Å². The van der Waals surface area contributed by atoms with Crippen molar-refractivity contribution >= 4 is 11.6 Å². The number of nitrogens with zero attached hydrogens (tertiary/aromatic N) is 2. The normalized spacial score (nSPS) is 19.9. The summed E-state index contributed by atoms with van der Waals surface area (Å²) in [4.78, 5) is 5.09. The highest BCUT2D eigenvalue weighted by molar-refractivity contribution is 6.31. The lowest BCUT2D eigenvalue weighted by Gasteiger charge is -2.38. The van der Waals surface area contributed by atoms with Gasteiger partial charge in [0, 0.05) is 37.2 Å². The zero-order valence-electron chi connectivity index (χ0n) is 11.4. The Labute approximate surface area is 116 Å². The van der Waals surface area contributed by atoms with Crippen molar-refractivity contribution in [1.82, 2.24) is 9.80 Å². The Balaban J connectivity index is 1.95. The molecular formula is C15H23ClN2. The Morgan fingerprint density at radius 1 is 1.17 bits per heavy atom. The Kier molecular flexibility index (Phi) is 5.04. The van der Waals surface area contributed by atoms with Crippen molar-refractivity contribution in [3.63, 3.8) is 0 Å². The van der Waals surface area contributed by atoms with Crippen LogP contribution in [0.4, 0.5) is 0 Å². The third kappa shape index (κ3) is 3.25. The largest absolute Gasteiger partial charge is 0.301 e. The molecular weight excluding hydrogens is 244 g/mol. The molecule has 100 valence electrons. The van der Waals surface area contributed by atoms with Crippen LogP contribution in [0.5, 0.6) is 0 Å². The predicted molar refractivity (Wildman–Crippen MR) is 78.2 cm³/mol. The Hall–Kier alpha value is -0.570. The molecule has 1 unspecified atom stereocenters. The molecule has 1 aromatic carbocycles. The number of rotatable bonds is 4. The first kappa shape index (κ1) is 13.9.